The maximum atomic E-state index is 12.4. The molecule has 0 saturated carbocycles. The van der Waals surface area contributed by atoms with Crippen molar-refractivity contribution in [2.75, 3.05) is 13.1 Å². The van der Waals surface area contributed by atoms with Crippen LogP contribution in [0.1, 0.15) is 11.1 Å². The number of rotatable bonds is 6. The molecule has 1 aromatic carbocycles. The first-order valence-electron chi connectivity index (χ1n) is 5.72. The number of nitrogens with two attached hydrogens (primary N) is 1. The molecule has 0 saturated heterocycles. The smallest absolute Gasteiger partial charge is 0.318 e. The van der Waals surface area contributed by atoms with E-state index in [0.717, 1.165) is 0 Å². The van der Waals surface area contributed by atoms with Gasteiger partial charge in [-0.2, -0.15) is 4.31 Å². The number of carboxylic acid groups (broad SMARTS) is 1. The van der Waals surface area contributed by atoms with Gasteiger partial charge in [-0.05, 0) is 31.0 Å². The van der Waals surface area contributed by atoms with E-state index in [0.29, 0.717) is 15.4 Å². The molecule has 0 spiro atoms. The number of aliphatic carboxylic acids is 1. The highest BCUT2D eigenvalue weighted by molar-refractivity contribution is 7.89. The van der Waals surface area contributed by atoms with Crippen LogP contribution in [0, 0.1) is 13.8 Å². The summed E-state index contributed by atoms with van der Waals surface area (Å²) in [5, 5.41) is 8.77. The van der Waals surface area contributed by atoms with Crippen LogP contribution in [-0.4, -0.2) is 42.8 Å². The monoisotopic (exact) mass is 300 g/mol. The number of amides is 1. The number of carbonyl (C=O) groups is 2. The minimum atomic E-state index is -4.09. The number of carbonyl (C=O) groups excluding carboxylic acids is 1. The van der Waals surface area contributed by atoms with Gasteiger partial charge in [-0.3, -0.25) is 9.59 Å². The third-order valence-corrected chi connectivity index (χ3v) is 4.54. The summed E-state index contributed by atoms with van der Waals surface area (Å²) >= 11 is 0. The largest absolute Gasteiger partial charge is 0.480 e. The van der Waals surface area contributed by atoms with Crippen LogP contribution in [0.4, 0.5) is 0 Å². The molecule has 1 amide bonds. The molecule has 0 unspecified atom stereocenters. The van der Waals surface area contributed by atoms with Gasteiger partial charge in [0.2, 0.25) is 15.9 Å². The van der Waals surface area contributed by atoms with Crippen molar-refractivity contribution in [1.29, 1.82) is 0 Å². The first-order chi connectivity index (χ1) is 9.14. The molecule has 1 aromatic rings. The van der Waals surface area contributed by atoms with Crippen molar-refractivity contribution in [1.82, 2.24) is 4.31 Å². The summed E-state index contributed by atoms with van der Waals surface area (Å²) in [4.78, 5) is 21.7. The van der Waals surface area contributed by atoms with E-state index >= 15 is 0 Å². The highest BCUT2D eigenvalue weighted by Gasteiger charge is 2.29. The summed E-state index contributed by atoms with van der Waals surface area (Å²) in [5.74, 6) is -2.28. The molecule has 7 nitrogen and oxygen atoms in total. The Morgan fingerprint density at radius 3 is 2.35 bits per heavy atom. The predicted octanol–water partition coefficient (Wildman–Crippen LogP) is -0.136. The van der Waals surface area contributed by atoms with E-state index in [2.05, 4.69) is 0 Å². The van der Waals surface area contributed by atoms with Crippen LogP contribution >= 0.6 is 0 Å². The van der Waals surface area contributed by atoms with E-state index in [1.165, 1.54) is 6.07 Å². The average molecular weight is 300 g/mol. The molecule has 20 heavy (non-hydrogen) atoms. The Bertz CT molecular complexity index is 623. The number of primary amides is 1. The zero-order valence-electron chi connectivity index (χ0n) is 11.2. The van der Waals surface area contributed by atoms with E-state index in [4.69, 9.17) is 10.8 Å². The predicted molar refractivity (Wildman–Crippen MR) is 71.5 cm³/mol. The Balaban J connectivity index is 3.31. The molecule has 3 N–H and O–H groups in total. The van der Waals surface area contributed by atoms with E-state index in [1.54, 1.807) is 26.0 Å². The number of benzene rings is 1. The van der Waals surface area contributed by atoms with E-state index in [9.17, 15) is 18.0 Å². The van der Waals surface area contributed by atoms with Crippen molar-refractivity contribution in [2.24, 2.45) is 5.73 Å². The number of carboxylic acids is 1. The first-order valence-corrected chi connectivity index (χ1v) is 7.16. The normalized spacial score (nSPS) is 11.6. The van der Waals surface area contributed by atoms with Gasteiger partial charge in [0.05, 0.1) is 11.4 Å². The number of aryl methyl sites for hydroxylation is 2. The summed E-state index contributed by atoms with van der Waals surface area (Å²) in [5.41, 5.74) is 6.15. The standard InChI is InChI=1S/C12H16N2O5S/c1-8-3-4-9(2)10(5-8)20(18,19)14(6-11(13)15)7-12(16)17/h3-5H,6-7H2,1-2H3,(H2,13,15)(H,16,17). The molecular formula is C12H16N2O5S. The molecule has 0 aliphatic carbocycles. The molecule has 0 radical (unpaired) electrons. The van der Waals surface area contributed by atoms with Gasteiger partial charge in [-0.1, -0.05) is 12.1 Å². The maximum absolute atomic E-state index is 12.4. The van der Waals surface area contributed by atoms with Crippen molar-refractivity contribution >= 4 is 21.9 Å². The highest BCUT2D eigenvalue weighted by atomic mass is 32.2. The second-order valence-electron chi connectivity index (χ2n) is 4.40. The summed E-state index contributed by atoms with van der Waals surface area (Å²) < 4.78 is 25.4. The Morgan fingerprint density at radius 1 is 1.25 bits per heavy atom. The zero-order valence-corrected chi connectivity index (χ0v) is 12.0. The van der Waals surface area contributed by atoms with Crippen LogP contribution in [0.2, 0.25) is 0 Å². The Labute approximate surface area is 117 Å². The van der Waals surface area contributed by atoms with Crippen molar-refractivity contribution in [2.45, 2.75) is 18.7 Å². The van der Waals surface area contributed by atoms with Crippen LogP contribution in [0.5, 0.6) is 0 Å². The van der Waals surface area contributed by atoms with Gasteiger partial charge in [-0.15, -0.1) is 0 Å². The third-order valence-electron chi connectivity index (χ3n) is 2.61. The quantitative estimate of drug-likeness (QED) is 0.758. The summed E-state index contributed by atoms with van der Waals surface area (Å²) in [6.45, 7) is 1.81. The average Bonchev–Trinajstić information content (AvgIpc) is 2.30. The molecule has 0 aromatic heterocycles. The van der Waals surface area contributed by atoms with Crippen molar-refractivity contribution in [3.8, 4) is 0 Å². The van der Waals surface area contributed by atoms with Gasteiger partial charge in [-0.25, -0.2) is 8.42 Å². The summed E-state index contributed by atoms with van der Waals surface area (Å²) in [6.07, 6.45) is 0. The van der Waals surface area contributed by atoms with Crippen molar-refractivity contribution in [3.63, 3.8) is 0 Å². The number of hydrogen-bond acceptors (Lipinski definition) is 4. The van der Waals surface area contributed by atoms with Gasteiger partial charge < -0.3 is 10.8 Å². The summed E-state index contributed by atoms with van der Waals surface area (Å²) in [6, 6.07) is 4.79. The molecule has 1 rings (SSSR count). The fourth-order valence-corrected chi connectivity index (χ4v) is 3.34. The molecule has 0 bridgehead atoms. The van der Waals surface area contributed by atoms with Gasteiger partial charge in [0.15, 0.2) is 0 Å². The van der Waals surface area contributed by atoms with E-state index < -0.39 is 35.0 Å². The van der Waals surface area contributed by atoms with Gasteiger partial charge in [0.1, 0.15) is 6.54 Å². The van der Waals surface area contributed by atoms with Crippen LogP contribution in [-0.2, 0) is 19.6 Å². The SMILES string of the molecule is Cc1ccc(C)c(S(=O)(=O)N(CC(N)=O)CC(=O)O)c1. The van der Waals surface area contributed by atoms with Gasteiger partial charge >= 0.3 is 5.97 Å². The number of sulfonamides is 1. The topological polar surface area (TPSA) is 118 Å². The van der Waals surface area contributed by atoms with Crippen molar-refractivity contribution < 1.29 is 23.1 Å². The minimum Gasteiger partial charge on any atom is -0.480 e. The van der Waals surface area contributed by atoms with Crippen LogP contribution in [0.15, 0.2) is 23.1 Å². The Hall–Kier alpha value is -1.93. The molecule has 0 atom stereocenters. The molecule has 0 heterocycles. The molecule has 8 heteroatoms. The molecule has 0 aliphatic rings. The fourth-order valence-electron chi connectivity index (χ4n) is 1.67. The van der Waals surface area contributed by atoms with Crippen LogP contribution in [0.3, 0.4) is 0 Å². The number of hydrogen-bond donors (Lipinski definition) is 2. The second kappa shape index (κ2) is 6.02. The zero-order chi connectivity index (χ0) is 15.5. The molecule has 0 fully saturated rings. The van der Waals surface area contributed by atoms with E-state index in [1.807, 2.05) is 0 Å². The Morgan fingerprint density at radius 2 is 1.85 bits per heavy atom. The molecule has 0 aliphatic heterocycles. The third kappa shape index (κ3) is 3.78. The second-order valence-corrected chi connectivity index (χ2v) is 6.31. The molecule has 110 valence electrons. The fraction of sp³-hybridized carbons (Fsp3) is 0.333. The van der Waals surface area contributed by atoms with Crippen molar-refractivity contribution in [3.05, 3.63) is 29.3 Å². The van der Waals surface area contributed by atoms with Crippen LogP contribution < -0.4 is 5.73 Å². The lowest BCUT2D eigenvalue weighted by Crippen LogP contribution is -2.41. The highest BCUT2D eigenvalue weighted by Crippen LogP contribution is 2.21. The number of nitrogens with zero attached hydrogens (tertiary/aromatic N) is 1. The van der Waals surface area contributed by atoms with E-state index in [-0.39, 0.29) is 4.90 Å². The lowest BCUT2D eigenvalue weighted by atomic mass is 10.2. The lowest BCUT2D eigenvalue weighted by molar-refractivity contribution is -0.137. The van der Waals surface area contributed by atoms with Gasteiger partial charge in [0, 0.05) is 0 Å². The first kappa shape index (κ1) is 16.1. The maximum Gasteiger partial charge on any atom is 0.318 e. The van der Waals surface area contributed by atoms with Gasteiger partial charge in [0.25, 0.3) is 0 Å². The molecular weight excluding hydrogens is 284 g/mol. The minimum absolute atomic E-state index is 0.0278. The Kier molecular flexibility index (Phi) is 4.85. The summed E-state index contributed by atoms with van der Waals surface area (Å²) in [7, 11) is -4.09. The van der Waals surface area contributed by atoms with Crippen LogP contribution in [0.25, 0.3) is 0 Å². The lowest BCUT2D eigenvalue weighted by Gasteiger charge is -2.20.